The molecule has 1 saturated carbocycles. The van der Waals surface area contributed by atoms with E-state index < -0.39 is 0 Å². The van der Waals surface area contributed by atoms with Crippen molar-refractivity contribution in [2.45, 2.75) is 44.6 Å². The second-order valence-electron chi connectivity index (χ2n) is 5.46. The molecule has 0 aromatic carbocycles. The Morgan fingerprint density at radius 1 is 1.18 bits per heavy atom. The van der Waals surface area contributed by atoms with Gasteiger partial charge in [0.15, 0.2) is 0 Å². The average molecular weight is 228 g/mol. The Morgan fingerprint density at radius 3 is 2.59 bits per heavy atom. The lowest BCUT2D eigenvalue weighted by Gasteiger charge is -2.40. The Balaban J connectivity index is 1.55. The van der Waals surface area contributed by atoms with E-state index >= 15 is 0 Å². The molecule has 2 aliphatic carbocycles. The van der Waals surface area contributed by atoms with Crippen molar-refractivity contribution in [1.29, 1.82) is 0 Å². The molecule has 0 bridgehead atoms. The van der Waals surface area contributed by atoms with Crippen LogP contribution in [0, 0.1) is 6.42 Å². The molecule has 1 heterocycles. The van der Waals surface area contributed by atoms with Gasteiger partial charge in [-0.05, 0) is 44.1 Å². The molecule has 17 heavy (non-hydrogen) atoms. The topological polar surface area (TPSA) is 3.24 Å². The second-order valence-corrected chi connectivity index (χ2v) is 5.46. The van der Waals surface area contributed by atoms with Gasteiger partial charge in [-0.1, -0.05) is 36.3 Å². The standard InChI is InChI=1S/C16H22N/c1-2-5-14(6-3-1)13-15-9-11-17(12-10-15)16-7-4-8-16/h1-2,5-6,13,16H,3-4,7-12H2. The van der Waals surface area contributed by atoms with Gasteiger partial charge in [-0.3, -0.25) is 4.90 Å². The van der Waals surface area contributed by atoms with E-state index in [0.29, 0.717) is 0 Å². The van der Waals surface area contributed by atoms with Gasteiger partial charge < -0.3 is 0 Å². The summed E-state index contributed by atoms with van der Waals surface area (Å²) >= 11 is 0. The lowest BCUT2D eigenvalue weighted by atomic mass is 9.89. The van der Waals surface area contributed by atoms with Crippen LogP contribution in [0.2, 0.25) is 0 Å². The summed E-state index contributed by atoms with van der Waals surface area (Å²) in [5, 5.41) is 0. The summed E-state index contributed by atoms with van der Waals surface area (Å²) in [6.45, 7) is 2.58. The minimum Gasteiger partial charge on any atom is -0.300 e. The molecule has 3 aliphatic rings. The zero-order valence-corrected chi connectivity index (χ0v) is 10.6. The van der Waals surface area contributed by atoms with Crippen molar-refractivity contribution in [3.8, 4) is 0 Å². The summed E-state index contributed by atoms with van der Waals surface area (Å²) < 4.78 is 0. The van der Waals surface area contributed by atoms with Crippen LogP contribution >= 0.6 is 0 Å². The SMILES string of the molecule is [CH]1C=CC(C=C2CCN(C3CCC3)CC2)=CC1. The molecule has 0 aromatic heterocycles. The molecular formula is C16H22N. The van der Waals surface area contributed by atoms with E-state index in [1.165, 1.54) is 50.8 Å². The average Bonchev–Trinajstić information content (AvgIpc) is 2.31. The largest absolute Gasteiger partial charge is 0.300 e. The van der Waals surface area contributed by atoms with Crippen LogP contribution in [0.3, 0.4) is 0 Å². The van der Waals surface area contributed by atoms with Crippen molar-refractivity contribution in [3.05, 3.63) is 41.9 Å². The lowest BCUT2D eigenvalue weighted by Crippen LogP contribution is -2.43. The van der Waals surface area contributed by atoms with Crippen molar-refractivity contribution in [1.82, 2.24) is 4.90 Å². The van der Waals surface area contributed by atoms with Gasteiger partial charge in [0, 0.05) is 19.1 Å². The van der Waals surface area contributed by atoms with E-state index in [0.717, 1.165) is 12.5 Å². The number of nitrogens with zero attached hydrogens (tertiary/aromatic N) is 1. The zero-order chi connectivity index (χ0) is 11.5. The van der Waals surface area contributed by atoms with E-state index in [2.05, 4.69) is 35.6 Å². The van der Waals surface area contributed by atoms with Crippen LogP contribution in [-0.2, 0) is 0 Å². The first-order valence-corrected chi connectivity index (χ1v) is 7.05. The van der Waals surface area contributed by atoms with Crippen LogP contribution < -0.4 is 0 Å². The molecule has 1 saturated heterocycles. The maximum absolute atomic E-state index is 2.71. The Labute approximate surface area is 105 Å². The Morgan fingerprint density at radius 2 is 2.00 bits per heavy atom. The molecule has 1 heteroatoms. The molecule has 1 nitrogen and oxygen atoms in total. The van der Waals surface area contributed by atoms with Gasteiger partial charge in [0.1, 0.15) is 0 Å². The Kier molecular flexibility index (Phi) is 3.46. The molecule has 0 unspecified atom stereocenters. The van der Waals surface area contributed by atoms with Crippen LogP contribution in [0.4, 0.5) is 0 Å². The number of likely N-dealkylation sites (tertiary alicyclic amines) is 1. The molecule has 3 rings (SSSR count). The highest BCUT2D eigenvalue weighted by Gasteiger charge is 2.26. The molecule has 0 aromatic rings. The maximum atomic E-state index is 2.71. The zero-order valence-electron chi connectivity index (χ0n) is 10.6. The van der Waals surface area contributed by atoms with E-state index in [4.69, 9.17) is 0 Å². The smallest absolute Gasteiger partial charge is 0.00955 e. The van der Waals surface area contributed by atoms with Crippen molar-refractivity contribution in [2.75, 3.05) is 13.1 Å². The fourth-order valence-electron chi connectivity index (χ4n) is 2.95. The summed E-state index contributed by atoms with van der Waals surface area (Å²) in [5.41, 5.74) is 3.07. The molecule has 91 valence electrons. The van der Waals surface area contributed by atoms with Crippen molar-refractivity contribution in [2.24, 2.45) is 0 Å². The van der Waals surface area contributed by atoms with Crippen LogP contribution in [-0.4, -0.2) is 24.0 Å². The van der Waals surface area contributed by atoms with Gasteiger partial charge in [0.05, 0.1) is 0 Å². The predicted octanol–water partition coefficient (Wildman–Crippen LogP) is 3.65. The Bertz CT molecular complexity index is 348. The van der Waals surface area contributed by atoms with Crippen molar-refractivity contribution in [3.63, 3.8) is 0 Å². The van der Waals surface area contributed by atoms with Gasteiger partial charge in [0.2, 0.25) is 0 Å². The second kappa shape index (κ2) is 5.22. The van der Waals surface area contributed by atoms with Crippen LogP contribution in [0.1, 0.15) is 38.5 Å². The first kappa shape index (κ1) is 11.3. The predicted molar refractivity (Wildman–Crippen MR) is 72.7 cm³/mol. The third kappa shape index (κ3) is 2.71. The summed E-state index contributed by atoms with van der Waals surface area (Å²) in [6.07, 6.45) is 19.4. The molecular weight excluding hydrogens is 206 g/mol. The van der Waals surface area contributed by atoms with Gasteiger partial charge in [-0.2, -0.15) is 0 Å². The summed E-state index contributed by atoms with van der Waals surface area (Å²) in [4.78, 5) is 2.71. The highest BCUT2D eigenvalue weighted by Crippen LogP contribution is 2.29. The van der Waals surface area contributed by atoms with Crippen LogP contribution in [0.5, 0.6) is 0 Å². The van der Waals surface area contributed by atoms with Gasteiger partial charge in [0.25, 0.3) is 0 Å². The third-order valence-corrected chi connectivity index (χ3v) is 4.32. The fourth-order valence-corrected chi connectivity index (χ4v) is 2.95. The van der Waals surface area contributed by atoms with Crippen molar-refractivity contribution >= 4 is 0 Å². The number of piperidine rings is 1. The van der Waals surface area contributed by atoms with E-state index in [1.54, 1.807) is 5.57 Å². The van der Waals surface area contributed by atoms with E-state index in [9.17, 15) is 0 Å². The molecule has 0 atom stereocenters. The molecule has 1 aliphatic heterocycles. The number of allylic oxidation sites excluding steroid dienone is 5. The number of hydrogen-bond donors (Lipinski definition) is 0. The van der Waals surface area contributed by atoms with Crippen LogP contribution in [0.25, 0.3) is 0 Å². The van der Waals surface area contributed by atoms with Gasteiger partial charge in [-0.25, -0.2) is 0 Å². The lowest BCUT2D eigenvalue weighted by molar-refractivity contribution is 0.118. The highest BCUT2D eigenvalue weighted by atomic mass is 15.2. The van der Waals surface area contributed by atoms with Gasteiger partial charge in [-0.15, -0.1) is 0 Å². The molecule has 2 fully saturated rings. The van der Waals surface area contributed by atoms with E-state index in [-0.39, 0.29) is 0 Å². The highest BCUT2D eigenvalue weighted by molar-refractivity contribution is 5.37. The third-order valence-electron chi connectivity index (χ3n) is 4.32. The maximum Gasteiger partial charge on any atom is 0.00955 e. The van der Waals surface area contributed by atoms with Crippen molar-refractivity contribution < 1.29 is 0 Å². The normalized spacial score (nSPS) is 26.6. The Hall–Kier alpha value is -0.820. The van der Waals surface area contributed by atoms with Gasteiger partial charge >= 0.3 is 0 Å². The van der Waals surface area contributed by atoms with E-state index in [1.807, 2.05) is 0 Å². The minimum absolute atomic E-state index is 0.931. The summed E-state index contributed by atoms with van der Waals surface area (Å²) in [6, 6.07) is 0.931. The summed E-state index contributed by atoms with van der Waals surface area (Å²) in [7, 11) is 0. The first-order chi connectivity index (χ1) is 8.42. The quantitative estimate of drug-likeness (QED) is 0.697. The van der Waals surface area contributed by atoms with Crippen LogP contribution in [0.15, 0.2) is 35.5 Å². The molecule has 0 spiro atoms. The minimum atomic E-state index is 0.931. The first-order valence-electron chi connectivity index (χ1n) is 7.05. The number of hydrogen-bond acceptors (Lipinski definition) is 1. The molecule has 1 radical (unpaired) electrons. The monoisotopic (exact) mass is 228 g/mol. The summed E-state index contributed by atoms with van der Waals surface area (Å²) in [5.74, 6) is 0. The molecule has 0 N–H and O–H groups in total. The number of rotatable bonds is 2. The fraction of sp³-hybridized carbons (Fsp3) is 0.562. The molecule has 0 amide bonds.